The van der Waals surface area contributed by atoms with Crippen LogP contribution in [0.3, 0.4) is 0 Å². The van der Waals surface area contributed by atoms with Crippen LogP contribution >= 0.6 is 0 Å². The molecule has 0 radical (unpaired) electrons. The van der Waals surface area contributed by atoms with Crippen LogP contribution in [-0.2, 0) is 11.0 Å². The molecule has 28 heavy (non-hydrogen) atoms. The number of nitrogens with one attached hydrogen (secondary N) is 2. The van der Waals surface area contributed by atoms with Gasteiger partial charge in [0.1, 0.15) is 0 Å². The largest absolute Gasteiger partial charge is 0.418 e. The van der Waals surface area contributed by atoms with E-state index in [1.807, 2.05) is 0 Å². The maximum atomic E-state index is 13.1. The number of alkyl halides is 3. The third kappa shape index (κ3) is 5.17. The number of rotatable bonds is 3. The monoisotopic (exact) mass is 397 g/mol. The Balaban J connectivity index is 1.51. The molecule has 2 fully saturated rings. The smallest absolute Gasteiger partial charge is 0.335 e. The Morgan fingerprint density at radius 1 is 0.964 bits per heavy atom. The summed E-state index contributed by atoms with van der Waals surface area (Å²) in [5, 5.41) is 5.48. The number of para-hydroxylation sites is 1. The highest BCUT2D eigenvalue weighted by Gasteiger charge is 2.35. The molecule has 1 saturated heterocycles. The number of carbonyl (C=O) groups excluding carboxylic acids is 2. The predicted molar refractivity (Wildman–Crippen MR) is 99.8 cm³/mol. The molecule has 8 heteroatoms. The predicted octanol–water partition coefficient (Wildman–Crippen LogP) is 4.40. The standard InChI is InChI=1S/C20H26F3N3O2/c21-20(22,23)16-8-4-5-9-17(16)25-18(27)14-10-12-26(13-11-14)19(28)24-15-6-2-1-3-7-15/h4-5,8-9,14-15H,1-3,6-7,10-13H2,(H,24,28)(H,25,27). The summed E-state index contributed by atoms with van der Waals surface area (Å²) in [5.74, 6) is -0.830. The molecule has 5 nitrogen and oxygen atoms in total. The Kier molecular flexibility index (Phi) is 6.46. The van der Waals surface area contributed by atoms with Crippen molar-refractivity contribution in [3.63, 3.8) is 0 Å². The number of likely N-dealkylation sites (tertiary alicyclic amines) is 1. The third-order valence-electron chi connectivity index (χ3n) is 5.58. The second-order valence-corrected chi connectivity index (χ2v) is 7.58. The zero-order valence-corrected chi connectivity index (χ0v) is 15.7. The maximum absolute atomic E-state index is 13.1. The molecule has 1 heterocycles. The van der Waals surface area contributed by atoms with E-state index in [-0.39, 0.29) is 17.8 Å². The topological polar surface area (TPSA) is 61.4 Å². The van der Waals surface area contributed by atoms with Crippen LogP contribution in [0.25, 0.3) is 0 Å². The number of benzene rings is 1. The van der Waals surface area contributed by atoms with Gasteiger partial charge in [-0.3, -0.25) is 4.79 Å². The molecule has 0 spiro atoms. The van der Waals surface area contributed by atoms with Gasteiger partial charge in [-0.1, -0.05) is 31.4 Å². The van der Waals surface area contributed by atoms with Gasteiger partial charge in [0.25, 0.3) is 0 Å². The molecule has 1 saturated carbocycles. The Bertz CT molecular complexity index is 694. The fourth-order valence-corrected chi connectivity index (χ4v) is 3.93. The normalized spacial score (nSPS) is 19.3. The number of anilines is 1. The summed E-state index contributed by atoms with van der Waals surface area (Å²) in [5.41, 5.74) is -1.08. The SMILES string of the molecule is O=C(Nc1ccccc1C(F)(F)F)C1CCN(C(=O)NC2CCCCC2)CC1. The lowest BCUT2D eigenvalue weighted by atomic mass is 9.95. The van der Waals surface area contributed by atoms with Crippen LogP contribution in [0.4, 0.5) is 23.7 Å². The minimum Gasteiger partial charge on any atom is -0.335 e. The van der Waals surface area contributed by atoms with Crippen molar-refractivity contribution in [1.82, 2.24) is 10.2 Å². The first-order valence-corrected chi connectivity index (χ1v) is 9.87. The van der Waals surface area contributed by atoms with Gasteiger partial charge in [-0.15, -0.1) is 0 Å². The Morgan fingerprint density at radius 3 is 2.25 bits per heavy atom. The van der Waals surface area contributed by atoms with Gasteiger partial charge in [-0.2, -0.15) is 13.2 Å². The number of amides is 3. The van der Waals surface area contributed by atoms with Crippen LogP contribution in [0.1, 0.15) is 50.5 Å². The molecule has 2 aliphatic rings. The highest BCUT2D eigenvalue weighted by atomic mass is 19.4. The highest BCUT2D eigenvalue weighted by molar-refractivity contribution is 5.93. The summed E-state index contributed by atoms with van der Waals surface area (Å²) < 4.78 is 39.2. The lowest BCUT2D eigenvalue weighted by Crippen LogP contribution is -2.49. The lowest BCUT2D eigenvalue weighted by Gasteiger charge is -2.33. The number of hydrogen-bond donors (Lipinski definition) is 2. The zero-order chi connectivity index (χ0) is 20.1. The summed E-state index contributed by atoms with van der Waals surface area (Å²) in [6.07, 6.45) is 1.84. The van der Waals surface area contributed by atoms with Gasteiger partial charge < -0.3 is 15.5 Å². The van der Waals surface area contributed by atoms with Crippen LogP contribution < -0.4 is 10.6 Å². The summed E-state index contributed by atoms with van der Waals surface area (Å²) >= 11 is 0. The molecule has 0 bridgehead atoms. The molecule has 1 aliphatic carbocycles. The van der Waals surface area contributed by atoms with Crippen molar-refractivity contribution in [3.8, 4) is 0 Å². The first-order valence-electron chi connectivity index (χ1n) is 9.87. The van der Waals surface area contributed by atoms with Crippen LogP contribution in [0.5, 0.6) is 0 Å². The third-order valence-corrected chi connectivity index (χ3v) is 5.58. The minimum atomic E-state index is -4.52. The van der Waals surface area contributed by atoms with Gasteiger partial charge in [-0.05, 0) is 37.8 Å². The van der Waals surface area contributed by atoms with Crippen LogP contribution in [-0.4, -0.2) is 36.0 Å². The zero-order valence-electron chi connectivity index (χ0n) is 15.7. The van der Waals surface area contributed by atoms with E-state index in [9.17, 15) is 22.8 Å². The highest BCUT2D eigenvalue weighted by Crippen LogP contribution is 2.35. The molecule has 1 aromatic carbocycles. The van der Waals surface area contributed by atoms with E-state index < -0.39 is 23.6 Å². The molecule has 0 aromatic heterocycles. The molecule has 0 unspecified atom stereocenters. The average Bonchev–Trinajstić information content (AvgIpc) is 2.68. The van der Waals surface area contributed by atoms with E-state index in [1.54, 1.807) is 4.90 Å². The van der Waals surface area contributed by atoms with Gasteiger partial charge >= 0.3 is 12.2 Å². The molecule has 3 rings (SSSR count). The first kappa shape index (κ1) is 20.5. The Hall–Kier alpha value is -2.25. The number of piperidine rings is 1. The van der Waals surface area contributed by atoms with Crippen LogP contribution in [0, 0.1) is 5.92 Å². The van der Waals surface area contributed by atoms with Gasteiger partial charge in [0, 0.05) is 25.0 Å². The van der Waals surface area contributed by atoms with Gasteiger partial charge in [0.15, 0.2) is 0 Å². The van der Waals surface area contributed by atoms with E-state index >= 15 is 0 Å². The van der Waals surface area contributed by atoms with E-state index in [2.05, 4.69) is 10.6 Å². The second kappa shape index (κ2) is 8.84. The lowest BCUT2D eigenvalue weighted by molar-refractivity contribution is -0.137. The Labute approximate surface area is 162 Å². The van der Waals surface area contributed by atoms with E-state index in [1.165, 1.54) is 24.6 Å². The van der Waals surface area contributed by atoms with Gasteiger partial charge in [0.2, 0.25) is 5.91 Å². The minimum absolute atomic E-state index is 0.104. The van der Waals surface area contributed by atoms with Crippen molar-refractivity contribution in [2.24, 2.45) is 5.92 Å². The number of urea groups is 1. The van der Waals surface area contributed by atoms with E-state index in [4.69, 9.17) is 0 Å². The van der Waals surface area contributed by atoms with Crippen molar-refractivity contribution >= 4 is 17.6 Å². The molecule has 1 aliphatic heterocycles. The molecule has 1 aromatic rings. The van der Waals surface area contributed by atoms with Crippen molar-refractivity contribution in [3.05, 3.63) is 29.8 Å². The molecular weight excluding hydrogens is 371 g/mol. The molecule has 0 atom stereocenters. The summed E-state index contributed by atoms with van der Waals surface area (Å²) in [7, 11) is 0. The van der Waals surface area contributed by atoms with Crippen molar-refractivity contribution < 1.29 is 22.8 Å². The molecule has 3 amide bonds. The average molecular weight is 397 g/mol. The first-order chi connectivity index (χ1) is 13.3. The molecule has 2 N–H and O–H groups in total. The number of carbonyl (C=O) groups is 2. The van der Waals surface area contributed by atoms with Gasteiger partial charge in [-0.25, -0.2) is 4.79 Å². The van der Waals surface area contributed by atoms with Crippen molar-refractivity contribution in [2.45, 2.75) is 57.2 Å². The van der Waals surface area contributed by atoms with Crippen LogP contribution in [0.15, 0.2) is 24.3 Å². The number of hydrogen-bond acceptors (Lipinski definition) is 2. The van der Waals surface area contributed by atoms with E-state index in [0.717, 1.165) is 31.7 Å². The van der Waals surface area contributed by atoms with Gasteiger partial charge in [0.05, 0.1) is 11.3 Å². The number of halogens is 3. The van der Waals surface area contributed by atoms with Crippen molar-refractivity contribution in [1.29, 1.82) is 0 Å². The maximum Gasteiger partial charge on any atom is 0.418 e. The summed E-state index contributed by atoms with van der Waals surface area (Å²) in [6.45, 7) is 0.856. The fourth-order valence-electron chi connectivity index (χ4n) is 3.93. The second-order valence-electron chi connectivity index (χ2n) is 7.58. The Morgan fingerprint density at radius 2 is 1.61 bits per heavy atom. The quantitative estimate of drug-likeness (QED) is 0.794. The van der Waals surface area contributed by atoms with E-state index in [0.29, 0.717) is 25.9 Å². The fraction of sp³-hybridized carbons (Fsp3) is 0.600. The summed E-state index contributed by atoms with van der Waals surface area (Å²) in [6, 6.07) is 5.08. The molecule has 154 valence electrons. The van der Waals surface area contributed by atoms with Crippen molar-refractivity contribution in [2.75, 3.05) is 18.4 Å². The summed E-state index contributed by atoms with van der Waals surface area (Å²) in [4.78, 5) is 26.5. The van der Waals surface area contributed by atoms with Crippen LogP contribution in [0.2, 0.25) is 0 Å². The molecular formula is C20H26F3N3O2. The number of nitrogens with zero attached hydrogens (tertiary/aromatic N) is 1.